The van der Waals surface area contributed by atoms with Crippen LogP contribution in [-0.4, -0.2) is 49.5 Å². The van der Waals surface area contributed by atoms with Gasteiger partial charge >= 0.3 is 29.6 Å². The molecule has 4 N–H and O–H groups in total. The minimum atomic E-state index is -3.72. The zero-order valence-electron chi connectivity index (χ0n) is 16.4. The number of imidazole rings is 1. The molecule has 0 amide bonds. The molecule has 32 heavy (non-hydrogen) atoms. The molecule has 2 aliphatic rings. The maximum atomic E-state index is 12.4. The molecule has 5 unspecified atom stereocenters. The van der Waals surface area contributed by atoms with Crippen LogP contribution in [0.1, 0.15) is 6.23 Å². The van der Waals surface area contributed by atoms with Crippen molar-refractivity contribution in [1.82, 2.24) is 19.5 Å². The first kappa shape index (κ1) is 24.6. The van der Waals surface area contributed by atoms with Gasteiger partial charge in [0, 0.05) is 9.92 Å². The topological polar surface area (TPSA) is 161 Å². The summed E-state index contributed by atoms with van der Waals surface area (Å²) in [7, 11) is 0. The van der Waals surface area contributed by atoms with E-state index < -0.39 is 36.8 Å². The van der Waals surface area contributed by atoms with Gasteiger partial charge in [0.25, 0.3) is 5.56 Å². The number of benzene rings is 1. The van der Waals surface area contributed by atoms with Gasteiger partial charge < -0.3 is 29.5 Å². The van der Waals surface area contributed by atoms with Crippen molar-refractivity contribution in [2.24, 2.45) is 0 Å². The number of aliphatic hydroxyl groups is 1. The quantitative estimate of drug-likeness (QED) is 0.251. The van der Waals surface area contributed by atoms with Crippen molar-refractivity contribution in [3.63, 3.8) is 0 Å². The van der Waals surface area contributed by atoms with Crippen LogP contribution in [0.3, 0.4) is 0 Å². The summed E-state index contributed by atoms with van der Waals surface area (Å²) >= 11 is 11.9. The summed E-state index contributed by atoms with van der Waals surface area (Å²) in [5, 5.41) is 11.8. The molecule has 0 radical (unpaired) electrons. The maximum Gasteiger partial charge on any atom is 1.00 e. The Labute approximate surface area is 217 Å². The monoisotopic (exact) mass is 525 g/mol. The maximum absolute atomic E-state index is 12.4. The van der Waals surface area contributed by atoms with Gasteiger partial charge in [0.2, 0.25) is 5.95 Å². The number of nitrogen functional groups attached to an aromatic ring is 1. The summed E-state index contributed by atoms with van der Waals surface area (Å²) in [6.07, 6.45) is -4.06. The minimum absolute atomic E-state index is 0. The number of ether oxygens (including phenoxy) is 1. The van der Waals surface area contributed by atoms with E-state index in [9.17, 15) is 14.8 Å². The van der Waals surface area contributed by atoms with Gasteiger partial charge in [-0.05, 0) is 24.3 Å². The van der Waals surface area contributed by atoms with Crippen LogP contribution in [0.4, 0.5) is 5.95 Å². The van der Waals surface area contributed by atoms with Gasteiger partial charge in [-0.3, -0.25) is 14.3 Å². The van der Waals surface area contributed by atoms with E-state index in [2.05, 4.69) is 15.0 Å². The predicted molar refractivity (Wildman–Crippen MR) is 113 cm³/mol. The van der Waals surface area contributed by atoms with Crippen molar-refractivity contribution >= 4 is 59.0 Å². The molecule has 0 aliphatic carbocycles. The van der Waals surface area contributed by atoms with Crippen LogP contribution in [-0.2, 0) is 25.6 Å². The molecular weight excluding hydrogens is 512 g/mol. The van der Waals surface area contributed by atoms with Gasteiger partial charge in [0.1, 0.15) is 25.0 Å². The minimum Gasteiger partial charge on any atom is -0.780 e. The molecule has 2 saturated heterocycles. The number of hydrogen-bond acceptors (Lipinski definition) is 11. The van der Waals surface area contributed by atoms with Gasteiger partial charge in [-0.15, -0.1) is 0 Å². The van der Waals surface area contributed by atoms with Crippen LogP contribution in [0.2, 0.25) is 5.02 Å². The van der Waals surface area contributed by atoms with E-state index in [0.717, 1.165) is 4.90 Å². The fourth-order valence-corrected chi connectivity index (χ4v) is 5.90. The van der Waals surface area contributed by atoms with Gasteiger partial charge in [-0.25, -0.2) is 4.98 Å². The number of aromatic nitrogens is 4. The molecule has 5 atom stereocenters. The second-order valence-corrected chi connectivity index (χ2v) is 11.0. The van der Waals surface area contributed by atoms with E-state index in [1.165, 1.54) is 16.3 Å². The Kier molecular flexibility index (Phi) is 7.11. The third kappa shape index (κ3) is 4.54. The molecule has 0 bridgehead atoms. The molecule has 2 aromatic heterocycles. The Morgan fingerprint density at radius 1 is 1.38 bits per heavy atom. The zero-order chi connectivity index (χ0) is 21.9. The molecule has 0 spiro atoms. The van der Waals surface area contributed by atoms with Gasteiger partial charge in [-0.2, -0.15) is 4.98 Å². The number of hydrogen-bond donors (Lipinski definition) is 3. The fourth-order valence-electron chi connectivity index (χ4n) is 3.43. The first-order valence-electron chi connectivity index (χ1n) is 8.90. The number of nitrogens with two attached hydrogens (primary N) is 1. The Balaban J connectivity index is 0.00000245. The summed E-state index contributed by atoms with van der Waals surface area (Å²) in [5.74, 6) is -0.124. The van der Waals surface area contributed by atoms with Crippen LogP contribution in [0.5, 0.6) is 0 Å². The first-order chi connectivity index (χ1) is 14.7. The van der Waals surface area contributed by atoms with Crippen LogP contribution in [0.15, 0.2) is 39.1 Å². The number of aliphatic hydroxyl groups excluding tert-OH is 1. The summed E-state index contributed by atoms with van der Waals surface area (Å²) in [6, 6.07) is 6.97. The summed E-state index contributed by atoms with van der Waals surface area (Å²) in [6.45, 7) is -3.83. The standard InChI is InChI=1S/C16H15ClN5O6PS2.Na/c17-6-1-3-7(4-2-6)31-16-19-9-12(20-15(18)21-13(9)24)22(16)14-10(23)11-8(27-14)5-26-29(25,30)28-11;/h1-4,8,10-11,14,23H,5H2,(H,25,30)(H3,18,20,21,24);/q;+1/p-1. The average Bonchev–Trinajstić information content (AvgIpc) is 3.20. The molecule has 3 aromatic rings. The molecule has 11 nitrogen and oxygen atoms in total. The van der Waals surface area contributed by atoms with E-state index in [-0.39, 0.29) is 53.3 Å². The second kappa shape index (κ2) is 9.25. The summed E-state index contributed by atoms with van der Waals surface area (Å²) in [5.41, 5.74) is 5.32. The number of anilines is 1. The molecule has 2 fully saturated rings. The molecule has 5 rings (SSSR count). The molecular formula is C16H14ClN5NaO6PS2. The number of H-pyrrole nitrogens is 1. The SMILES string of the molecule is Nc1nc2c(nc(Sc3ccc(Cl)cc3)n2C2OC3COP([O-])(=S)OC3C2O)c(=O)[nH]1.[Na+]. The van der Waals surface area contributed by atoms with Crippen molar-refractivity contribution in [3.8, 4) is 0 Å². The van der Waals surface area contributed by atoms with Crippen LogP contribution >= 0.6 is 30.1 Å². The molecule has 4 heterocycles. The van der Waals surface area contributed by atoms with Gasteiger partial charge in [-0.1, -0.05) is 35.2 Å². The Hall–Kier alpha value is -0.540. The molecule has 0 saturated carbocycles. The van der Waals surface area contributed by atoms with E-state index in [1.807, 2.05) is 0 Å². The van der Waals surface area contributed by atoms with E-state index >= 15 is 0 Å². The largest absolute Gasteiger partial charge is 1.00 e. The van der Waals surface area contributed by atoms with Gasteiger partial charge in [0.15, 0.2) is 22.5 Å². The zero-order valence-corrected chi connectivity index (χ0v) is 21.7. The number of halogens is 1. The number of nitrogens with one attached hydrogen (secondary N) is 1. The van der Waals surface area contributed by atoms with E-state index in [1.54, 1.807) is 24.3 Å². The molecule has 164 valence electrons. The van der Waals surface area contributed by atoms with Crippen LogP contribution in [0, 0.1) is 0 Å². The van der Waals surface area contributed by atoms with Crippen molar-refractivity contribution in [2.45, 2.75) is 34.6 Å². The molecule has 16 heteroatoms. The Morgan fingerprint density at radius 3 is 2.81 bits per heavy atom. The molecule has 1 aromatic carbocycles. The third-order valence-corrected chi connectivity index (χ3v) is 7.54. The van der Waals surface area contributed by atoms with Crippen molar-refractivity contribution in [2.75, 3.05) is 12.3 Å². The number of nitrogens with zero attached hydrogens (tertiary/aromatic N) is 3. The number of fused-ring (bicyclic) bond motifs is 2. The predicted octanol–water partition coefficient (Wildman–Crippen LogP) is -2.23. The van der Waals surface area contributed by atoms with Crippen LogP contribution < -0.4 is 45.7 Å². The Bertz CT molecular complexity index is 1280. The first-order valence-corrected chi connectivity index (χ1v) is 12.7. The Morgan fingerprint density at radius 2 is 2.09 bits per heavy atom. The number of rotatable bonds is 3. The van der Waals surface area contributed by atoms with Gasteiger partial charge in [0.05, 0.1) is 6.61 Å². The van der Waals surface area contributed by atoms with E-state index in [0.29, 0.717) is 10.2 Å². The normalized spacial score (nSPS) is 29.6. The average molecular weight is 526 g/mol. The number of aromatic amines is 1. The van der Waals surface area contributed by atoms with Crippen molar-refractivity contribution in [1.29, 1.82) is 0 Å². The fraction of sp³-hybridized carbons (Fsp3) is 0.312. The smallest absolute Gasteiger partial charge is 0.780 e. The second-order valence-electron chi connectivity index (χ2n) is 6.81. The molecule has 2 aliphatic heterocycles. The summed E-state index contributed by atoms with van der Waals surface area (Å²) in [4.78, 5) is 36.2. The van der Waals surface area contributed by atoms with Crippen molar-refractivity contribution < 1.29 is 53.3 Å². The van der Waals surface area contributed by atoms with Crippen LogP contribution in [0.25, 0.3) is 11.2 Å². The van der Waals surface area contributed by atoms with Crippen molar-refractivity contribution in [3.05, 3.63) is 39.6 Å². The summed E-state index contributed by atoms with van der Waals surface area (Å²) < 4.78 is 17.7. The third-order valence-electron chi connectivity index (χ3n) is 4.77. The van der Waals surface area contributed by atoms with E-state index in [4.69, 9.17) is 42.9 Å².